The van der Waals surface area contributed by atoms with Gasteiger partial charge in [-0.05, 0) is 67.3 Å². The second-order valence-electron chi connectivity index (χ2n) is 7.97. The van der Waals surface area contributed by atoms with E-state index in [-0.39, 0.29) is 35.2 Å². The lowest BCUT2D eigenvalue weighted by atomic mass is 9.97. The van der Waals surface area contributed by atoms with Crippen LogP contribution in [0.4, 0.5) is 26.2 Å². The van der Waals surface area contributed by atoms with Crippen LogP contribution in [0.2, 0.25) is 0 Å². The van der Waals surface area contributed by atoms with Crippen molar-refractivity contribution in [3.8, 4) is 0 Å². The van der Waals surface area contributed by atoms with E-state index in [1.807, 2.05) is 12.1 Å². The summed E-state index contributed by atoms with van der Waals surface area (Å²) < 4.78 is 18.6. The molecular formula is C25H25FN4O3. The molecule has 8 heteroatoms. The van der Waals surface area contributed by atoms with E-state index >= 15 is 0 Å². The highest BCUT2D eigenvalue weighted by molar-refractivity contribution is 6.15. The zero-order valence-corrected chi connectivity index (χ0v) is 18.0. The molecule has 0 aliphatic carbocycles. The third-order valence-corrected chi connectivity index (χ3v) is 5.77. The molecule has 1 amide bonds. The molecule has 7 nitrogen and oxygen atoms in total. The largest absolute Gasteiger partial charge is 0.449 e. The van der Waals surface area contributed by atoms with E-state index in [0.29, 0.717) is 5.56 Å². The number of nitrogen functional groups attached to an aromatic ring is 1. The second kappa shape index (κ2) is 10.1. The van der Waals surface area contributed by atoms with Gasteiger partial charge in [-0.1, -0.05) is 6.07 Å². The number of para-hydroxylation sites is 1. The molecule has 0 radical (unpaired) electrons. The number of ketones is 1. The van der Waals surface area contributed by atoms with Crippen LogP contribution in [0.5, 0.6) is 0 Å². The highest BCUT2D eigenvalue weighted by atomic mass is 19.1. The van der Waals surface area contributed by atoms with Crippen LogP contribution in [0.3, 0.4) is 0 Å². The predicted octanol–water partition coefficient (Wildman–Crippen LogP) is 4.50. The summed E-state index contributed by atoms with van der Waals surface area (Å²) in [6, 6.07) is 13.9. The summed E-state index contributed by atoms with van der Waals surface area (Å²) in [5, 5.41) is 2.62. The van der Waals surface area contributed by atoms with Crippen molar-refractivity contribution in [3.63, 3.8) is 0 Å². The maximum Gasteiger partial charge on any atom is 0.411 e. The fourth-order valence-corrected chi connectivity index (χ4v) is 3.90. The number of anilines is 3. The van der Waals surface area contributed by atoms with Gasteiger partial charge in [0.2, 0.25) is 0 Å². The topological polar surface area (TPSA) is 97.5 Å². The van der Waals surface area contributed by atoms with Gasteiger partial charge in [0.05, 0.1) is 18.0 Å². The Bertz CT molecular complexity index is 1110. The molecule has 33 heavy (non-hydrogen) atoms. The highest BCUT2D eigenvalue weighted by Crippen LogP contribution is 2.27. The van der Waals surface area contributed by atoms with Gasteiger partial charge in [-0.15, -0.1) is 0 Å². The Morgan fingerprint density at radius 3 is 2.45 bits per heavy atom. The van der Waals surface area contributed by atoms with Crippen molar-refractivity contribution in [1.82, 2.24) is 4.98 Å². The van der Waals surface area contributed by atoms with Crippen LogP contribution in [0.1, 0.15) is 28.8 Å². The van der Waals surface area contributed by atoms with Crippen molar-refractivity contribution in [2.45, 2.75) is 12.8 Å². The zero-order chi connectivity index (χ0) is 23.2. The minimum absolute atomic E-state index is 0.185. The van der Waals surface area contributed by atoms with Crippen molar-refractivity contribution >= 4 is 28.9 Å². The number of halogens is 1. The molecule has 1 aliphatic rings. The van der Waals surface area contributed by atoms with E-state index < -0.39 is 11.9 Å². The van der Waals surface area contributed by atoms with Gasteiger partial charge in [0, 0.05) is 42.3 Å². The van der Waals surface area contributed by atoms with Crippen LogP contribution in [-0.4, -0.2) is 36.6 Å². The second-order valence-corrected chi connectivity index (χ2v) is 7.97. The lowest BCUT2D eigenvalue weighted by molar-refractivity contribution is 0.103. The molecule has 2 aromatic carbocycles. The first-order valence-electron chi connectivity index (χ1n) is 10.8. The van der Waals surface area contributed by atoms with Crippen LogP contribution < -0.4 is 16.0 Å². The molecule has 170 valence electrons. The van der Waals surface area contributed by atoms with Gasteiger partial charge in [0.25, 0.3) is 0 Å². The number of nitrogens with one attached hydrogen (secondary N) is 1. The number of amides is 1. The number of carbonyl (C=O) groups is 2. The molecule has 3 aromatic rings. The molecule has 2 heterocycles. The van der Waals surface area contributed by atoms with Crippen LogP contribution in [0.25, 0.3) is 0 Å². The number of carbonyl (C=O) groups excluding carboxylic acids is 2. The smallest absolute Gasteiger partial charge is 0.411 e. The highest BCUT2D eigenvalue weighted by Gasteiger charge is 2.22. The van der Waals surface area contributed by atoms with Gasteiger partial charge in [0.15, 0.2) is 5.78 Å². The van der Waals surface area contributed by atoms with E-state index in [1.54, 1.807) is 30.6 Å². The first-order chi connectivity index (χ1) is 16.0. The number of ether oxygens (including phenoxy) is 1. The average Bonchev–Trinajstić information content (AvgIpc) is 2.85. The van der Waals surface area contributed by atoms with Gasteiger partial charge >= 0.3 is 6.09 Å². The summed E-state index contributed by atoms with van der Waals surface area (Å²) in [6.07, 6.45) is 4.69. The lowest BCUT2D eigenvalue weighted by Crippen LogP contribution is -2.35. The number of benzene rings is 2. The van der Waals surface area contributed by atoms with Crippen molar-refractivity contribution in [2.75, 3.05) is 35.6 Å². The molecule has 3 N–H and O–H groups in total. The van der Waals surface area contributed by atoms with Gasteiger partial charge in [0.1, 0.15) is 5.82 Å². The van der Waals surface area contributed by atoms with E-state index in [2.05, 4.69) is 15.2 Å². The summed E-state index contributed by atoms with van der Waals surface area (Å²) in [4.78, 5) is 31.7. The third-order valence-electron chi connectivity index (χ3n) is 5.77. The first-order valence-corrected chi connectivity index (χ1v) is 10.8. The molecule has 1 aromatic heterocycles. The predicted molar refractivity (Wildman–Crippen MR) is 125 cm³/mol. The molecule has 0 unspecified atom stereocenters. The fraction of sp³-hybridized carbons (Fsp3) is 0.240. The maximum absolute atomic E-state index is 13.2. The molecule has 0 spiro atoms. The molecule has 0 atom stereocenters. The zero-order valence-electron chi connectivity index (χ0n) is 18.0. The van der Waals surface area contributed by atoms with Gasteiger partial charge in [-0.3, -0.25) is 15.1 Å². The van der Waals surface area contributed by atoms with Gasteiger partial charge in [-0.2, -0.15) is 0 Å². The Morgan fingerprint density at radius 2 is 1.76 bits per heavy atom. The molecule has 0 saturated carbocycles. The Kier molecular flexibility index (Phi) is 6.83. The minimum atomic E-state index is -0.669. The third kappa shape index (κ3) is 5.46. The number of nitrogens with two attached hydrogens (primary N) is 1. The number of nitrogens with zero attached hydrogens (tertiary/aromatic N) is 2. The van der Waals surface area contributed by atoms with Crippen LogP contribution in [0.15, 0.2) is 67.0 Å². The van der Waals surface area contributed by atoms with Crippen LogP contribution in [-0.2, 0) is 4.74 Å². The number of hydrogen-bond donors (Lipinski definition) is 2. The van der Waals surface area contributed by atoms with E-state index in [4.69, 9.17) is 10.5 Å². The van der Waals surface area contributed by atoms with Gasteiger partial charge < -0.3 is 15.4 Å². The molecule has 1 fully saturated rings. The number of rotatable bonds is 6. The van der Waals surface area contributed by atoms with Crippen molar-refractivity contribution in [3.05, 3.63) is 83.9 Å². The number of piperidine rings is 1. The number of pyridine rings is 1. The monoisotopic (exact) mass is 448 g/mol. The Balaban J connectivity index is 1.34. The van der Waals surface area contributed by atoms with Crippen LogP contribution in [0, 0.1) is 11.7 Å². The Labute approximate surface area is 191 Å². The van der Waals surface area contributed by atoms with Crippen LogP contribution >= 0.6 is 0 Å². The normalized spacial score (nSPS) is 14.0. The van der Waals surface area contributed by atoms with E-state index in [1.165, 1.54) is 24.3 Å². The quantitative estimate of drug-likeness (QED) is 0.426. The summed E-state index contributed by atoms with van der Waals surface area (Å²) >= 11 is 0. The van der Waals surface area contributed by atoms with E-state index in [9.17, 15) is 14.0 Å². The summed E-state index contributed by atoms with van der Waals surface area (Å²) in [5.41, 5.74) is 8.09. The van der Waals surface area contributed by atoms with Crippen molar-refractivity contribution in [1.29, 1.82) is 0 Å². The molecule has 0 bridgehead atoms. The maximum atomic E-state index is 13.2. The van der Waals surface area contributed by atoms with Crippen molar-refractivity contribution in [2.24, 2.45) is 5.92 Å². The van der Waals surface area contributed by atoms with E-state index in [0.717, 1.165) is 31.6 Å². The fourth-order valence-electron chi connectivity index (χ4n) is 3.90. The molecule has 1 aliphatic heterocycles. The number of hydrogen-bond acceptors (Lipinski definition) is 6. The Hall–Kier alpha value is -3.94. The summed E-state index contributed by atoms with van der Waals surface area (Å²) in [5.74, 6) is -0.559. The Morgan fingerprint density at radius 1 is 1.06 bits per heavy atom. The lowest BCUT2D eigenvalue weighted by Gasteiger charge is -2.33. The molecule has 4 rings (SSSR count). The minimum Gasteiger partial charge on any atom is -0.449 e. The standard InChI is InChI=1S/C25H25FN4O3/c26-19-6-4-18(5-7-19)24(31)21-2-1-3-22(27)23(21)29-25(32)33-16-17-10-14-30(15-11-17)20-8-12-28-13-9-20/h1-9,12-13,17H,10-11,14-16,27H2,(H,29,32). The summed E-state index contributed by atoms with van der Waals surface area (Å²) in [6.45, 7) is 2.03. The average molecular weight is 448 g/mol. The first kappa shape index (κ1) is 22.3. The summed E-state index contributed by atoms with van der Waals surface area (Å²) in [7, 11) is 0. The van der Waals surface area contributed by atoms with Gasteiger partial charge in [-0.25, -0.2) is 9.18 Å². The molecular weight excluding hydrogens is 423 g/mol. The number of aromatic nitrogens is 1. The SMILES string of the molecule is Nc1cccc(C(=O)c2ccc(F)cc2)c1NC(=O)OCC1CCN(c2ccncc2)CC1. The van der Waals surface area contributed by atoms with Crippen molar-refractivity contribution < 1.29 is 18.7 Å². The molecule has 1 saturated heterocycles.